The van der Waals surface area contributed by atoms with E-state index in [1.807, 2.05) is 11.0 Å². The number of ether oxygens (including phenoxy) is 1. The normalized spacial score (nSPS) is 14.1. The molecule has 6 nitrogen and oxygen atoms in total. The number of aromatic carboxylic acids is 1. The monoisotopic (exact) mass is 408 g/mol. The van der Waals surface area contributed by atoms with Crippen LogP contribution in [0.15, 0.2) is 42.5 Å². The third-order valence-corrected chi connectivity index (χ3v) is 4.74. The van der Waals surface area contributed by atoms with E-state index in [9.17, 15) is 14.7 Å². The third kappa shape index (κ3) is 4.84. The number of anilines is 1. The summed E-state index contributed by atoms with van der Waals surface area (Å²) in [6.07, 6.45) is 0. The quantitative estimate of drug-likeness (QED) is 0.820. The van der Waals surface area contributed by atoms with Crippen molar-refractivity contribution in [1.29, 1.82) is 0 Å². The van der Waals surface area contributed by atoms with Gasteiger partial charge in [-0.2, -0.15) is 0 Å². The lowest BCUT2D eigenvalue weighted by atomic mass is 10.1. The van der Waals surface area contributed by atoms with Crippen molar-refractivity contribution in [3.05, 3.63) is 58.1 Å². The number of para-hydroxylation sites is 1. The number of amides is 1. The molecule has 142 valence electrons. The molecule has 1 fully saturated rings. The maximum atomic E-state index is 12.4. The van der Waals surface area contributed by atoms with Gasteiger partial charge >= 0.3 is 5.97 Å². The Morgan fingerprint density at radius 3 is 2.26 bits per heavy atom. The Bertz CT molecular complexity index is 831. The fraction of sp³-hybridized carbons (Fsp3) is 0.263. The second-order valence-corrected chi connectivity index (χ2v) is 6.96. The number of carboxylic acids is 1. The zero-order chi connectivity index (χ0) is 19.4. The minimum absolute atomic E-state index is 0.109. The number of carbonyl (C=O) groups excluding carboxylic acids is 1. The molecule has 27 heavy (non-hydrogen) atoms. The van der Waals surface area contributed by atoms with Gasteiger partial charge in [-0.1, -0.05) is 35.3 Å². The molecule has 1 aliphatic heterocycles. The van der Waals surface area contributed by atoms with E-state index in [0.29, 0.717) is 47.7 Å². The molecule has 2 aromatic carbocycles. The van der Waals surface area contributed by atoms with Gasteiger partial charge in [0.05, 0.1) is 11.3 Å². The molecule has 0 unspecified atom stereocenters. The van der Waals surface area contributed by atoms with Gasteiger partial charge in [-0.3, -0.25) is 4.79 Å². The number of benzene rings is 2. The molecule has 1 saturated heterocycles. The first-order valence-electron chi connectivity index (χ1n) is 8.38. The zero-order valence-corrected chi connectivity index (χ0v) is 15.9. The molecule has 1 heterocycles. The number of rotatable bonds is 5. The van der Waals surface area contributed by atoms with Crippen LogP contribution in [0.2, 0.25) is 10.0 Å². The lowest BCUT2D eigenvalue weighted by molar-refractivity contribution is -0.133. The van der Waals surface area contributed by atoms with Gasteiger partial charge in [-0.25, -0.2) is 4.79 Å². The largest absolute Gasteiger partial charge is 0.484 e. The zero-order valence-electron chi connectivity index (χ0n) is 14.4. The van der Waals surface area contributed by atoms with E-state index in [4.69, 9.17) is 27.9 Å². The smallest absolute Gasteiger partial charge is 0.337 e. The third-order valence-electron chi connectivity index (χ3n) is 4.31. The van der Waals surface area contributed by atoms with Crippen molar-refractivity contribution in [3.63, 3.8) is 0 Å². The molecule has 0 atom stereocenters. The molecule has 1 aliphatic rings. The maximum Gasteiger partial charge on any atom is 0.337 e. The summed E-state index contributed by atoms with van der Waals surface area (Å²) in [5.74, 6) is -0.662. The van der Waals surface area contributed by atoms with E-state index in [2.05, 4.69) is 0 Å². The van der Waals surface area contributed by atoms with Crippen LogP contribution < -0.4 is 9.64 Å². The number of halogens is 2. The molecule has 2 aromatic rings. The number of hydrogen-bond donors (Lipinski definition) is 1. The van der Waals surface area contributed by atoms with Crippen LogP contribution in [0.25, 0.3) is 0 Å². The van der Waals surface area contributed by atoms with Crippen molar-refractivity contribution >= 4 is 40.8 Å². The Hall–Kier alpha value is -2.44. The number of hydrogen-bond acceptors (Lipinski definition) is 4. The van der Waals surface area contributed by atoms with Gasteiger partial charge in [0, 0.05) is 36.2 Å². The van der Waals surface area contributed by atoms with E-state index in [1.165, 1.54) is 0 Å². The van der Waals surface area contributed by atoms with Crippen molar-refractivity contribution in [2.24, 2.45) is 0 Å². The topological polar surface area (TPSA) is 70.1 Å². The summed E-state index contributed by atoms with van der Waals surface area (Å²) in [6, 6.07) is 11.7. The molecule has 3 rings (SSSR count). The lowest BCUT2D eigenvalue weighted by Crippen LogP contribution is -2.50. The van der Waals surface area contributed by atoms with E-state index in [1.54, 1.807) is 41.3 Å². The second-order valence-electron chi connectivity index (χ2n) is 6.08. The predicted octanol–water partition coefficient (Wildman–Crippen LogP) is 3.42. The molecule has 8 heteroatoms. The standard InChI is InChI=1S/C19H18Cl2N2O4/c20-13-9-14(21)11-15(10-13)27-12-18(24)23-7-5-22(6-8-23)17-4-2-1-3-16(17)19(25)26/h1-4,9-11H,5-8,12H2,(H,25,26). The highest BCUT2D eigenvalue weighted by molar-refractivity contribution is 6.34. The fourth-order valence-electron chi connectivity index (χ4n) is 2.98. The number of carboxylic acid groups (broad SMARTS) is 1. The first-order valence-corrected chi connectivity index (χ1v) is 9.13. The van der Waals surface area contributed by atoms with Crippen LogP contribution in [-0.2, 0) is 4.79 Å². The molecule has 0 radical (unpaired) electrons. The van der Waals surface area contributed by atoms with Crippen LogP contribution in [0, 0.1) is 0 Å². The van der Waals surface area contributed by atoms with Crippen molar-refractivity contribution in [3.8, 4) is 5.75 Å². The summed E-state index contributed by atoms with van der Waals surface area (Å²) in [5.41, 5.74) is 0.931. The summed E-state index contributed by atoms with van der Waals surface area (Å²) < 4.78 is 5.49. The second kappa shape index (κ2) is 8.50. The van der Waals surface area contributed by atoms with E-state index in [-0.39, 0.29) is 18.1 Å². The predicted molar refractivity (Wildman–Crippen MR) is 104 cm³/mol. The van der Waals surface area contributed by atoms with Gasteiger partial charge in [-0.05, 0) is 30.3 Å². The van der Waals surface area contributed by atoms with Crippen molar-refractivity contribution in [2.75, 3.05) is 37.7 Å². The van der Waals surface area contributed by atoms with E-state index < -0.39 is 5.97 Å². The SMILES string of the molecule is O=C(O)c1ccccc1N1CCN(C(=O)COc2cc(Cl)cc(Cl)c2)CC1. The molecule has 1 amide bonds. The average Bonchev–Trinajstić information content (AvgIpc) is 2.65. The molecular formula is C19H18Cl2N2O4. The Labute approximate surface area is 166 Å². The summed E-state index contributed by atoms with van der Waals surface area (Å²) >= 11 is 11.8. The van der Waals surface area contributed by atoms with Gasteiger partial charge in [0.15, 0.2) is 6.61 Å². The molecule has 0 spiro atoms. The van der Waals surface area contributed by atoms with E-state index >= 15 is 0 Å². The maximum absolute atomic E-state index is 12.4. The number of piperazine rings is 1. The molecule has 0 aromatic heterocycles. The lowest BCUT2D eigenvalue weighted by Gasteiger charge is -2.36. The van der Waals surface area contributed by atoms with Crippen LogP contribution in [0.1, 0.15) is 10.4 Å². The van der Waals surface area contributed by atoms with Crippen molar-refractivity contribution in [1.82, 2.24) is 4.90 Å². The first-order chi connectivity index (χ1) is 12.9. The molecule has 0 bridgehead atoms. The summed E-state index contributed by atoms with van der Waals surface area (Å²) in [5, 5.41) is 10.2. The van der Waals surface area contributed by atoms with Crippen LogP contribution in [0.4, 0.5) is 5.69 Å². The van der Waals surface area contributed by atoms with Gasteiger partial charge in [0.2, 0.25) is 0 Å². The van der Waals surface area contributed by atoms with Crippen LogP contribution in [0.3, 0.4) is 0 Å². The summed E-state index contributed by atoms with van der Waals surface area (Å²) in [6.45, 7) is 1.99. The molecule has 1 N–H and O–H groups in total. The Kier molecular flexibility index (Phi) is 6.08. The van der Waals surface area contributed by atoms with Gasteiger partial charge in [0.1, 0.15) is 5.75 Å². The van der Waals surface area contributed by atoms with Crippen molar-refractivity contribution in [2.45, 2.75) is 0 Å². The minimum atomic E-state index is -0.960. The minimum Gasteiger partial charge on any atom is -0.484 e. The van der Waals surface area contributed by atoms with Gasteiger partial charge in [-0.15, -0.1) is 0 Å². The fourth-order valence-corrected chi connectivity index (χ4v) is 3.48. The number of nitrogens with zero attached hydrogens (tertiary/aromatic N) is 2. The first kappa shape index (κ1) is 19.3. The summed E-state index contributed by atoms with van der Waals surface area (Å²) in [7, 11) is 0. The average molecular weight is 409 g/mol. The Morgan fingerprint density at radius 2 is 1.63 bits per heavy atom. The van der Waals surface area contributed by atoms with Gasteiger partial charge in [0.25, 0.3) is 5.91 Å². The molecular weight excluding hydrogens is 391 g/mol. The number of carbonyl (C=O) groups is 2. The Balaban J connectivity index is 1.56. The summed E-state index contributed by atoms with van der Waals surface area (Å²) in [4.78, 5) is 27.4. The highest BCUT2D eigenvalue weighted by Crippen LogP contribution is 2.25. The highest BCUT2D eigenvalue weighted by atomic mass is 35.5. The molecule has 0 saturated carbocycles. The van der Waals surface area contributed by atoms with Crippen LogP contribution in [-0.4, -0.2) is 54.7 Å². The van der Waals surface area contributed by atoms with Crippen molar-refractivity contribution < 1.29 is 19.4 Å². The van der Waals surface area contributed by atoms with E-state index in [0.717, 1.165) is 0 Å². The van der Waals surface area contributed by atoms with Crippen LogP contribution in [0.5, 0.6) is 5.75 Å². The Morgan fingerprint density at radius 1 is 1.00 bits per heavy atom. The van der Waals surface area contributed by atoms with Crippen LogP contribution >= 0.6 is 23.2 Å². The highest BCUT2D eigenvalue weighted by Gasteiger charge is 2.24. The molecule has 0 aliphatic carbocycles. The van der Waals surface area contributed by atoms with Gasteiger partial charge < -0.3 is 19.6 Å².